The second-order valence-electron chi connectivity index (χ2n) is 6.42. The molecule has 0 amide bonds. The number of aromatic nitrogens is 3. The van der Waals surface area contributed by atoms with Crippen LogP contribution in [0, 0.1) is 13.8 Å². The molecule has 24 heavy (non-hydrogen) atoms. The van der Waals surface area contributed by atoms with Gasteiger partial charge in [0, 0.05) is 23.0 Å². The maximum atomic E-state index is 5.39. The number of alkyl halides is 1. The van der Waals surface area contributed by atoms with Crippen LogP contribution in [0.3, 0.4) is 0 Å². The summed E-state index contributed by atoms with van der Waals surface area (Å²) in [5.41, 5.74) is 6.74. The Hall–Kier alpha value is -1.88. The molecule has 2 aromatic heterocycles. The molecule has 5 heteroatoms. The van der Waals surface area contributed by atoms with Gasteiger partial charge in [-0.1, -0.05) is 29.8 Å². The number of halogens is 1. The van der Waals surface area contributed by atoms with E-state index < -0.39 is 0 Å². The number of nitrogens with zero attached hydrogens (tertiary/aromatic N) is 3. The van der Waals surface area contributed by atoms with E-state index in [0.717, 1.165) is 28.1 Å². The van der Waals surface area contributed by atoms with Crippen molar-refractivity contribution in [2.45, 2.75) is 38.9 Å². The Morgan fingerprint density at radius 1 is 1.17 bits per heavy atom. The molecule has 1 aromatic carbocycles. The third-order valence-corrected chi connectivity index (χ3v) is 4.84. The second kappa shape index (κ2) is 6.55. The lowest BCUT2D eigenvalue weighted by Gasteiger charge is -2.14. The fraction of sp³-hybridized carbons (Fsp3) is 0.368. The number of hydrogen-bond acceptors (Lipinski definition) is 3. The lowest BCUT2D eigenvalue weighted by Crippen LogP contribution is -1.97. The predicted molar refractivity (Wildman–Crippen MR) is 101 cm³/mol. The summed E-state index contributed by atoms with van der Waals surface area (Å²) in [4.78, 5) is 4.79. The number of pyridine rings is 1. The van der Waals surface area contributed by atoms with Crippen molar-refractivity contribution in [1.29, 1.82) is 0 Å². The minimum absolute atomic E-state index is 0.295. The molecule has 0 fully saturated rings. The Bertz CT molecular complexity index is 876. The zero-order valence-corrected chi connectivity index (χ0v) is 16.3. The van der Waals surface area contributed by atoms with E-state index in [0.29, 0.717) is 5.92 Å². The van der Waals surface area contributed by atoms with Gasteiger partial charge in [-0.2, -0.15) is 5.10 Å². The summed E-state index contributed by atoms with van der Waals surface area (Å²) in [6, 6.07) is 6.34. The van der Waals surface area contributed by atoms with Crippen LogP contribution in [-0.2, 0) is 5.33 Å². The van der Waals surface area contributed by atoms with Crippen LogP contribution in [0.2, 0.25) is 0 Å². The van der Waals surface area contributed by atoms with E-state index in [4.69, 9.17) is 9.72 Å². The van der Waals surface area contributed by atoms with Crippen molar-refractivity contribution in [2.75, 3.05) is 7.11 Å². The molecule has 0 saturated heterocycles. The van der Waals surface area contributed by atoms with Crippen molar-refractivity contribution >= 4 is 21.6 Å². The van der Waals surface area contributed by atoms with Crippen LogP contribution in [0.5, 0.6) is 5.75 Å². The number of ether oxygens (including phenoxy) is 1. The first kappa shape index (κ1) is 17.0. The van der Waals surface area contributed by atoms with Crippen molar-refractivity contribution in [3.63, 3.8) is 0 Å². The Morgan fingerprint density at radius 2 is 1.83 bits per heavy atom. The van der Waals surface area contributed by atoms with E-state index in [1.54, 1.807) is 7.11 Å². The SMILES string of the molecule is COc1cc(C)c(-c2cc(CBr)cn3nc(C(C)C)nc23)c(C)c1. The standard InChI is InChI=1S/C19H22BrN3O/c1-11(2)18-21-19-16(8-14(9-20)10-23(19)22-18)17-12(3)6-15(24-5)7-13(17)4/h6-8,10-11H,9H2,1-5H3. The Morgan fingerprint density at radius 3 is 2.38 bits per heavy atom. The predicted octanol–water partition coefficient (Wildman–Crippen LogP) is 5.04. The quantitative estimate of drug-likeness (QED) is 0.588. The van der Waals surface area contributed by atoms with Gasteiger partial charge in [-0.25, -0.2) is 9.50 Å². The molecule has 0 saturated carbocycles. The van der Waals surface area contributed by atoms with Crippen LogP contribution in [0.4, 0.5) is 0 Å². The van der Waals surface area contributed by atoms with Gasteiger partial charge in [-0.3, -0.25) is 0 Å². The third kappa shape index (κ3) is 2.93. The smallest absolute Gasteiger partial charge is 0.163 e. The van der Waals surface area contributed by atoms with Crippen molar-refractivity contribution in [3.8, 4) is 16.9 Å². The van der Waals surface area contributed by atoms with Crippen molar-refractivity contribution < 1.29 is 4.74 Å². The zero-order valence-electron chi connectivity index (χ0n) is 14.7. The van der Waals surface area contributed by atoms with Gasteiger partial charge in [0.05, 0.1) is 7.11 Å². The zero-order chi connectivity index (χ0) is 17.4. The first-order valence-corrected chi connectivity index (χ1v) is 9.17. The first-order valence-electron chi connectivity index (χ1n) is 8.05. The summed E-state index contributed by atoms with van der Waals surface area (Å²) in [6.45, 7) is 8.46. The Kier molecular flexibility index (Phi) is 4.63. The molecule has 0 radical (unpaired) electrons. The highest BCUT2D eigenvalue weighted by atomic mass is 79.9. The van der Waals surface area contributed by atoms with Gasteiger partial charge in [0.2, 0.25) is 0 Å². The molecular weight excluding hydrogens is 366 g/mol. The molecule has 126 valence electrons. The molecule has 0 spiro atoms. The molecule has 0 aliphatic carbocycles. The number of fused-ring (bicyclic) bond motifs is 1. The van der Waals surface area contributed by atoms with Crippen LogP contribution < -0.4 is 4.74 Å². The first-order chi connectivity index (χ1) is 11.4. The average Bonchev–Trinajstić information content (AvgIpc) is 2.98. The highest BCUT2D eigenvalue weighted by Crippen LogP contribution is 2.34. The maximum absolute atomic E-state index is 5.39. The summed E-state index contributed by atoms with van der Waals surface area (Å²) >= 11 is 3.56. The third-order valence-electron chi connectivity index (χ3n) is 4.19. The lowest BCUT2D eigenvalue weighted by molar-refractivity contribution is 0.414. The van der Waals surface area contributed by atoms with Gasteiger partial charge in [0.15, 0.2) is 11.5 Å². The van der Waals surface area contributed by atoms with Gasteiger partial charge in [-0.15, -0.1) is 0 Å². The minimum Gasteiger partial charge on any atom is -0.497 e. The van der Waals surface area contributed by atoms with Crippen molar-refractivity contribution in [3.05, 3.63) is 46.9 Å². The van der Waals surface area contributed by atoms with Gasteiger partial charge in [-0.05, 0) is 54.3 Å². The molecule has 3 aromatic rings. The normalized spacial score (nSPS) is 11.5. The number of rotatable bonds is 4. The summed E-state index contributed by atoms with van der Waals surface area (Å²) in [7, 11) is 1.70. The largest absolute Gasteiger partial charge is 0.497 e. The number of benzene rings is 1. The van der Waals surface area contributed by atoms with Gasteiger partial charge in [0.25, 0.3) is 0 Å². The highest BCUT2D eigenvalue weighted by Gasteiger charge is 2.17. The summed E-state index contributed by atoms with van der Waals surface area (Å²) in [5.74, 6) is 2.04. The molecule has 3 rings (SSSR count). The van der Waals surface area contributed by atoms with Gasteiger partial charge >= 0.3 is 0 Å². The lowest BCUT2D eigenvalue weighted by atomic mass is 9.95. The molecular formula is C19H22BrN3O. The summed E-state index contributed by atoms with van der Waals surface area (Å²) in [6.07, 6.45) is 2.04. The fourth-order valence-corrected chi connectivity index (χ4v) is 3.33. The Labute approximate surface area is 151 Å². The van der Waals surface area contributed by atoms with Crippen molar-refractivity contribution in [2.24, 2.45) is 0 Å². The van der Waals surface area contributed by atoms with E-state index >= 15 is 0 Å². The van der Waals surface area contributed by atoms with Gasteiger partial charge in [0.1, 0.15) is 5.75 Å². The van der Waals surface area contributed by atoms with Crippen LogP contribution >= 0.6 is 15.9 Å². The average molecular weight is 388 g/mol. The highest BCUT2D eigenvalue weighted by molar-refractivity contribution is 9.08. The van der Waals surface area contributed by atoms with Crippen LogP contribution in [0.25, 0.3) is 16.8 Å². The van der Waals surface area contributed by atoms with E-state index in [1.807, 2.05) is 10.7 Å². The van der Waals surface area contributed by atoms with Crippen molar-refractivity contribution in [1.82, 2.24) is 14.6 Å². The van der Waals surface area contributed by atoms with Crippen LogP contribution in [0.1, 0.15) is 42.3 Å². The van der Waals surface area contributed by atoms with Crippen LogP contribution in [-0.4, -0.2) is 21.7 Å². The minimum atomic E-state index is 0.295. The van der Waals surface area contributed by atoms with E-state index in [9.17, 15) is 0 Å². The molecule has 2 heterocycles. The van der Waals surface area contributed by atoms with E-state index in [1.165, 1.54) is 22.3 Å². The number of aryl methyl sites for hydroxylation is 2. The number of hydrogen-bond donors (Lipinski definition) is 0. The Balaban J connectivity index is 2.32. The van der Waals surface area contributed by atoms with Gasteiger partial charge < -0.3 is 4.74 Å². The monoisotopic (exact) mass is 387 g/mol. The van der Waals surface area contributed by atoms with E-state index in [2.05, 4.69) is 66.9 Å². The molecule has 0 atom stereocenters. The second-order valence-corrected chi connectivity index (χ2v) is 6.99. The summed E-state index contributed by atoms with van der Waals surface area (Å²) in [5, 5.41) is 5.44. The topological polar surface area (TPSA) is 39.4 Å². The fourth-order valence-electron chi connectivity index (χ4n) is 3.03. The molecule has 0 N–H and O–H groups in total. The molecule has 0 aliphatic rings. The number of methoxy groups -OCH3 is 1. The molecule has 0 bridgehead atoms. The molecule has 0 aliphatic heterocycles. The maximum Gasteiger partial charge on any atom is 0.163 e. The van der Waals surface area contributed by atoms with E-state index in [-0.39, 0.29) is 0 Å². The summed E-state index contributed by atoms with van der Waals surface area (Å²) < 4.78 is 7.30. The molecule has 0 unspecified atom stereocenters. The van der Waals surface area contributed by atoms with Crippen LogP contribution in [0.15, 0.2) is 24.4 Å². The molecule has 4 nitrogen and oxygen atoms in total.